The molecule has 0 N–H and O–H groups in total. The third kappa shape index (κ3) is 4.04. The van der Waals surface area contributed by atoms with Crippen molar-refractivity contribution in [3.05, 3.63) is 169 Å². The third-order valence-corrected chi connectivity index (χ3v) is 10.5. The number of hydrogen-bond acceptors (Lipinski definition) is 1. The topological polar surface area (TPSA) is 0 Å². The predicted octanol–water partition coefficient (Wildman–Crippen LogP) is 12.0. The van der Waals surface area contributed by atoms with Crippen LogP contribution in [0.2, 0.25) is 0 Å². The zero-order chi connectivity index (χ0) is 28.3. The summed E-state index contributed by atoms with van der Waals surface area (Å²) in [5, 5.41) is 3.95. The van der Waals surface area contributed by atoms with Gasteiger partial charge < -0.3 is 0 Å². The Morgan fingerprint density at radius 2 is 1.00 bits per heavy atom. The standard InChI is InChI=1S/C42H28S/c1-2-8-34-30(7-1)19-22-33-26-41(43-42(33)34)31-20-17-28(18-21-31)27-13-15-29(16-14-27)32-23-24-39-37-11-4-3-9-35(37)36-10-5-6-12-38(36)40(39)25-32/h1-26,35,37H. The van der Waals surface area contributed by atoms with E-state index in [2.05, 4.69) is 158 Å². The molecule has 43 heavy (non-hydrogen) atoms. The molecule has 1 aromatic heterocycles. The number of allylic oxidation sites excluding steroid dienone is 4. The van der Waals surface area contributed by atoms with Crippen molar-refractivity contribution >= 4 is 32.2 Å². The Labute approximate surface area is 255 Å². The maximum absolute atomic E-state index is 2.40. The highest BCUT2D eigenvalue weighted by Crippen LogP contribution is 2.50. The largest absolute Gasteiger partial charge is 0.135 e. The first-order valence-electron chi connectivity index (χ1n) is 15.0. The molecule has 1 heteroatoms. The summed E-state index contributed by atoms with van der Waals surface area (Å²) >= 11 is 1.89. The van der Waals surface area contributed by atoms with Crippen molar-refractivity contribution in [3.63, 3.8) is 0 Å². The SMILES string of the molecule is C1=CC2c3ccccc3-c3cc(-c4ccc(-c5ccc(-c6cc7ccc8ccccc8c7s6)cc5)cc4)ccc3C2C=C1. The van der Waals surface area contributed by atoms with Crippen molar-refractivity contribution in [2.45, 2.75) is 11.8 Å². The minimum atomic E-state index is 0.404. The molecule has 0 saturated carbocycles. The molecule has 7 aromatic rings. The lowest BCUT2D eigenvalue weighted by atomic mass is 9.69. The van der Waals surface area contributed by atoms with E-state index in [1.807, 2.05) is 11.3 Å². The van der Waals surface area contributed by atoms with E-state index in [0.29, 0.717) is 11.8 Å². The zero-order valence-electron chi connectivity index (χ0n) is 23.6. The molecule has 2 aliphatic carbocycles. The number of thiophene rings is 1. The van der Waals surface area contributed by atoms with Gasteiger partial charge in [-0.25, -0.2) is 0 Å². The minimum absolute atomic E-state index is 0.404. The first-order valence-corrected chi connectivity index (χ1v) is 15.8. The molecule has 0 aliphatic heterocycles. The van der Waals surface area contributed by atoms with Crippen molar-refractivity contribution in [2.75, 3.05) is 0 Å². The van der Waals surface area contributed by atoms with Crippen LogP contribution in [0.4, 0.5) is 0 Å². The van der Waals surface area contributed by atoms with Crippen LogP contribution in [0.15, 0.2) is 158 Å². The summed E-state index contributed by atoms with van der Waals surface area (Å²) in [5.41, 5.74) is 11.9. The zero-order valence-corrected chi connectivity index (χ0v) is 24.4. The van der Waals surface area contributed by atoms with E-state index < -0.39 is 0 Å². The van der Waals surface area contributed by atoms with Gasteiger partial charge in [-0.15, -0.1) is 11.3 Å². The number of rotatable bonds is 3. The van der Waals surface area contributed by atoms with Crippen LogP contribution in [-0.4, -0.2) is 0 Å². The average molecular weight is 565 g/mol. The van der Waals surface area contributed by atoms with Crippen LogP contribution in [0.3, 0.4) is 0 Å². The maximum Gasteiger partial charge on any atom is 0.0427 e. The molecule has 0 spiro atoms. The van der Waals surface area contributed by atoms with E-state index in [0.717, 1.165) is 0 Å². The lowest BCUT2D eigenvalue weighted by Gasteiger charge is -2.34. The Morgan fingerprint density at radius 3 is 1.77 bits per heavy atom. The van der Waals surface area contributed by atoms with Crippen LogP contribution in [-0.2, 0) is 0 Å². The van der Waals surface area contributed by atoms with E-state index in [1.54, 1.807) is 0 Å². The Bertz CT molecular complexity index is 2220. The molecule has 1 heterocycles. The molecule has 202 valence electrons. The Hall–Kier alpha value is -4.98. The van der Waals surface area contributed by atoms with Crippen LogP contribution in [0.25, 0.3) is 64.7 Å². The minimum Gasteiger partial charge on any atom is -0.135 e. The van der Waals surface area contributed by atoms with Gasteiger partial charge in [-0.1, -0.05) is 146 Å². The van der Waals surface area contributed by atoms with Crippen LogP contribution < -0.4 is 0 Å². The van der Waals surface area contributed by atoms with Crippen LogP contribution >= 0.6 is 11.3 Å². The average Bonchev–Trinajstić information content (AvgIpc) is 3.54. The number of benzene rings is 6. The Balaban J connectivity index is 1.01. The van der Waals surface area contributed by atoms with E-state index in [-0.39, 0.29) is 0 Å². The summed E-state index contributed by atoms with van der Waals surface area (Å²) in [6, 6.07) is 49.5. The van der Waals surface area contributed by atoms with Gasteiger partial charge in [0.25, 0.3) is 0 Å². The fourth-order valence-corrected chi connectivity index (χ4v) is 8.29. The van der Waals surface area contributed by atoms with Crippen molar-refractivity contribution in [1.82, 2.24) is 0 Å². The monoisotopic (exact) mass is 564 g/mol. The highest BCUT2D eigenvalue weighted by Gasteiger charge is 2.31. The molecule has 0 amide bonds. The van der Waals surface area contributed by atoms with E-state index >= 15 is 0 Å². The summed E-state index contributed by atoms with van der Waals surface area (Å²) in [7, 11) is 0. The van der Waals surface area contributed by atoms with Crippen molar-refractivity contribution in [3.8, 4) is 43.8 Å². The fourth-order valence-electron chi connectivity index (χ4n) is 7.09. The third-order valence-electron chi connectivity index (χ3n) is 9.29. The predicted molar refractivity (Wildman–Crippen MR) is 185 cm³/mol. The van der Waals surface area contributed by atoms with Crippen LogP contribution in [0.5, 0.6) is 0 Å². The number of hydrogen-bond donors (Lipinski definition) is 0. The van der Waals surface area contributed by atoms with Crippen LogP contribution in [0, 0.1) is 0 Å². The molecule has 0 saturated heterocycles. The van der Waals surface area contributed by atoms with Gasteiger partial charge in [0.2, 0.25) is 0 Å². The summed E-state index contributed by atoms with van der Waals surface area (Å²) < 4.78 is 1.37. The Morgan fingerprint density at radius 1 is 0.419 bits per heavy atom. The molecule has 2 unspecified atom stereocenters. The van der Waals surface area contributed by atoms with Crippen molar-refractivity contribution < 1.29 is 0 Å². The summed E-state index contributed by atoms with van der Waals surface area (Å²) in [6.45, 7) is 0. The lowest BCUT2D eigenvalue weighted by Crippen LogP contribution is -2.16. The van der Waals surface area contributed by atoms with Crippen LogP contribution in [0.1, 0.15) is 23.0 Å². The van der Waals surface area contributed by atoms with E-state index in [4.69, 9.17) is 0 Å². The van der Waals surface area contributed by atoms with Gasteiger partial charge in [-0.05, 0) is 78.4 Å². The molecular weight excluding hydrogens is 537 g/mol. The normalized spacial score (nSPS) is 16.7. The summed E-state index contributed by atoms with van der Waals surface area (Å²) in [6.07, 6.45) is 9.11. The summed E-state index contributed by atoms with van der Waals surface area (Å²) in [5.74, 6) is 0.824. The molecule has 9 rings (SSSR count). The van der Waals surface area contributed by atoms with Gasteiger partial charge in [0, 0.05) is 21.4 Å². The van der Waals surface area contributed by atoms with Gasteiger partial charge in [-0.3, -0.25) is 0 Å². The quantitative estimate of drug-likeness (QED) is 0.200. The fraction of sp³-hybridized carbons (Fsp3) is 0.0476. The van der Waals surface area contributed by atoms with Gasteiger partial charge in [-0.2, -0.15) is 0 Å². The molecular formula is C42H28S. The van der Waals surface area contributed by atoms with Gasteiger partial charge in [0.05, 0.1) is 0 Å². The molecule has 0 bridgehead atoms. The molecule has 0 nitrogen and oxygen atoms in total. The second-order valence-electron chi connectivity index (χ2n) is 11.7. The molecule has 2 atom stereocenters. The highest BCUT2D eigenvalue weighted by molar-refractivity contribution is 7.23. The second-order valence-corrected chi connectivity index (χ2v) is 12.7. The second kappa shape index (κ2) is 9.80. The Kier molecular flexibility index (Phi) is 5.61. The summed E-state index contributed by atoms with van der Waals surface area (Å²) in [4.78, 5) is 1.31. The maximum atomic E-state index is 2.40. The first kappa shape index (κ1) is 24.6. The van der Waals surface area contributed by atoms with Crippen molar-refractivity contribution in [1.29, 1.82) is 0 Å². The van der Waals surface area contributed by atoms with Gasteiger partial charge >= 0.3 is 0 Å². The van der Waals surface area contributed by atoms with E-state index in [1.165, 1.54) is 75.8 Å². The molecule has 2 aliphatic rings. The van der Waals surface area contributed by atoms with E-state index in [9.17, 15) is 0 Å². The van der Waals surface area contributed by atoms with Crippen molar-refractivity contribution in [2.24, 2.45) is 0 Å². The smallest absolute Gasteiger partial charge is 0.0427 e. The van der Waals surface area contributed by atoms with Gasteiger partial charge in [0.1, 0.15) is 0 Å². The lowest BCUT2D eigenvalue weighted by molar-refractivity contribution is 0.720. The highest BCUT2D eigenvalue weighted by atomic mass is 32.1. The van der Waals surface area contributed by atoms with Gasteiger partial charge in [0.15, 0.2) is 0 Å². The molecule has 0 radical (unpaired) electrons. The molecule has 6 aromatic carbocycles. The molecule has 0 fully saturated rings. The first-order chi connectivity index (χ1) is 21.3. The number of fused-ring (bicyclic) bond motifs is 9.